The zero-order chi connectivity index (χ0) is 20.8. The van der Waals surface area contributed by atoms with Gasteiger partial charge in [0.25, 0.3) is 5.91 Å². The van der Waals surface area contributed by atoms with E-state index in [1.165, 1.54) is 0 Å². The van der Waals surface area contributed by atoms with Gasteiger partial charge in [-0.25, -0.2) is 4.98 Å². The predicted octanol–water partition coefficient (Wildman–Crippen LogP) is 3.64. The van der Waals surface area contributed by atoms with Gasteiger partial charge in [-0.3, -0.25) is 4.79 Å². The second-order valence-corrected chi connectivity index (χ2v) is 7.87. The van der Waals surface area contributed by atoms with Crippen molar-refractivity contribution < 1.29 is 16.4 Å². The van der Waals surface area contributed by atoms with Gasteiger partial charge in [-0.1, -0.05) is 12.1 Å². The second-order valence-electron chi connectivity index (χ2n) is 7.87. The molecule has 0 saturated heterocycles. The summed E-state index contributed by atoms with van der Waals surface area (Å²) in [4.78, 5) is 22.8. The van der Waals surface area contributed by atoms with Gasteiger partial charge >= 0.3 is 0 Å². The highest BCUT2D eigenvalue weighted by Crippen LogP contribution is 2.31. The number of amides is 1. The van der Waals surface area contributed by atoms with E-state index in [0.29, 0.717) is 25.4 Å². The summed E-state index contributed by atoms with van der Waals surface area (Å²) in [6.07, 6.45) is 0. The van der Waals surface area contributed by atoms with Crippen LogP contribution >= 0.6 is 0 Å². The van der Waals surface area contributed by atoms with E-state index >= 15 is 0 Å². The van der Waals surface area contributed by atoms with Crippen LogP contribution in [-0.4, -0.2) is 44.0 Å². The van der Waals surface area contributed by atoms with E-state index in [0.717, 1.165) is 45.0 Å². The number of hydrogen-bond acceptors (Lipinski definition) is 3. The number of nitrogens with zero attached hydrogens (tertiary/aromatic N) is 3. The van der Waals surface area contributed by atoms with E-state index in [1.807, 2.05) is 54.6 Å². The first-order valence-electron chi connectivity index (χ1n) is 10.1. The largest absolute Gasteiger partial charge is 0.491 e. The number of ether oxygens (including phenoxy) is 1. The molecule has 0 unspecified atom stereocenters. The van der Waals surface area contributed by atoms with Gasteiger partial charge in [-0.2, -0.15) is 0 Å². The van der Waals surface area contributed by atoms with E-state index in [4.69, 9.17) is 4.74 Å². The number of H-pyrrole nitrogens is 1. The molecular formula is C24H28N4O3. The van der Waals surface area contributed by atoms with Crippen molar-refractivity contribution in [3.8, 4) is 16.9 Å². The van der Waals surface area contributed by atoms with E-state index in [9.17, 15) is 4.79 Å². The maximum absolute atomic E-state index is 13.1. The summed E-state index contributed by atoms with van der Waals surface area (Å²) in [6.45, 7) is 5.53. The number of rotatable bonds is 2. The molecule has 1 aliphatic rings. The zero-order valence-electron chi connectivity index (χ0n) is 17.9. The lowest BCUT2D eigenvalue weighted by Crippen LogP contribution is -2.33. The first-order chi connectivity index (χ1) is 14.5. The van der Waals surface area contributed by atoms with Crippen LogP contribution in [0.3, 0.4) is 0 Å². The van der Waals surface area contributed by atoms with Crippen molar-refractivity contribution in [2.75, 3.05) is 13.2 Å². The number of nitrogens with one attached hydrogen (secondary N) is 1. The molecule has 0 atom stereocenters. The smallest absolute Gasteiger partial charge is 0.270 e. The molecule has 3 heterocycles. The Morgan fingerprint density at radius 1 is 1.10 bits per heavy atom. The standard InChI is InChI=1S/C24H24N4O2.H2O.H2/c1-15-4-8-22(27(15)3)24(29)28-10-11-30-23-9-6-17(12-19(23)14-28)18-5-7-20-21(13-18)26-16(2)25-20;;/h4-9,12-13H,10-11,14H2,1-3H3,(H,25,26);1H2;1H. The van der Waals surface area contributed by atoms with Gasteiger partial charge in [-0.15, -0.1) is 0 Å². The normalized spacial score (nSPS) is 13.3. The highest BCUT2D eigenvalue weighted by Gasteiger charge is 2.23. The molecule has 31 heavy (non-hydrogen) atoms. The number of benzene rings is 2. The molecule has 0 fully saturated rings. The molecule has 2 aromatic heterocycles. The first-order valence-corrected chi connectivity index (χ1v) is 10.1. The highest BCUT2D eigenvalue weighted by molar-refractivity contribution is 5.93. The molecule has 1 amide bonds. The Hall–Kier alpha value is -3.58. The van der Waals surface area contributed by atoms with Gasteiger partial charge in [0, 0.05) is 26.3 Å². The molecule has 1 aliphatic heterocycles. The van der Waals surface area contributed by atoms with Gasteiger partial charge in [0.1, 0.15) is 23.9 Å². The van der Waals surface area contributed by atoms with E-state index in [1.54, 1.807) is 0 Å². The minimum Gasteiger partial charge on any atom is -0.491 e. The molecule has 3 N–H and O–H groups in total. The van der Waals surface area contributed by atoms with Crippen LogP contribution in [0.4, 0.5) is 0 Å². The summed E-state index contributed by atoms with van der Waals surface area (Å²) in [5.41, 5.74) is 6.97. The lowest BCUT2D eigenvalue weighted by atomic mass is 10.0. The molecule has 162 valence electrons. The highest BCUT2D eigenvalue weighted by atomic mass is 16.5. The molecule has 0 saturated carbocycles. The molecule has 7 heteroatoms. The summed E-state index contributed by atoms with van der Waals surface area (Å²) in [7, 11) is 1.93. The summed E-state index contributed by atoms with van der Waals surface area (Å²) < 4.78 is 7.89. The SMILES string of the molecule is Cc1nc2ccc(-c3ccc4c(c3)CN(C(=O)c3ccc(C)n3C)CCO4)cc2[nH]1.O.[HH]. The number of aromatic amines is 1. The van der Waals surface area contributed by atoms with E-state index in [2.05, 4.69) is 34.2 Å². The van der Waals surface area contributed by atoms with Gasteiger partial charge in [0.2, 0.25) is 0 Å². The average Bonchev–Trinajstić information content (AvgIpc) is 3.18. The van der Waals surface area contributed by atoms with Crippen LogP contribution in [0.5, 0.6) is 5.75 Å². The number of fused-ring (bicyclic) bond motifs is 2. The lowest BCUT2D eigenvalue weighted by molar-refractivity contribution is 0.0723. The third-order valence-corrected chi connectivity index (χ3v) is 5.85. The molecular weight excluding hydrogens is 392 g/mol. The monoisotopic (exact) mass is 420 g/mol. The summed E-state index contributed by atoms with van der Waals surface area (Å²) in [5, 5.41) is 0. The van der Waals surface area contributed by atoms with Crippen LogP contribution in [0, 0.1) is 13.8 Å². The minimum absolute atomic E-state index is 0. The van der Waals surface area contributed by atoms with Crippen molar-refractivity contribution in [3.63, 3.8) is 0 Å². The molecule has 0 aliphatic carbocycles. The average molecular weight is 421 g/mol. The Bertz CT molecular complexity index is 1280. The third-order valence-electron chi connectivity index (χ3n) is 5.85. The number of hydrogen-bond donors (Lipinski definition) is 1. The fourth-order valence-electron chi connectivity index (χ4n) is 4.05. The minimum atomic E-state index is 0. The van der Waals surface area contributed by atoms with Gasteiger partial charge in [-0.05, 0) is 61.4 Å². The number of carbonyl (C=O) groups excluding carboxylic acids is 1. The molecule has 5 rings (SSSR count). The fourth-order valence-corrected chi connectivity index (χ4v) is 4.05. The molecule has 0 spiro atoms. The van der Waals surface area contributed by atoms with Crippen LogP contribution in [0.25, 0.3) is 22.2 Å². The van der Waals surface area contributed by atoms with E-state index in [-0.39, 0.29) is 12.8 Å². The maximum atomic E-state index is 13.1. The van der Waals surface area contributed by atoms with Gasteiger partial charge < -0.3 is 24.7 Å². The maximum Gasteiger partial charge on any atom is 0.270 e. The predicted molar refractivity (Wildman–Crippen MR) is 122 cm³/mol. The zero-order valence-corrected chi connectivity index (χ0v) is 17.9. The van der Waals surface area contributed by atoms with Crippen molar-refractivity contribution in [1.29, 1.82) is 0 Å². The molecule has 0 bridgehead atoms. The van der Waals surface area contributed by atoms with Gasteiger partial charge in [0.05, 0.1) is 17.6 Å². The lowest BCUT2D eigenvalue weighted by Gasteiger charge is -2.20. The number of aromatic nitrogens is 3. The summed E-state index contributed by atoms with van der Waals surface area (Å²) in [5.74, 6) is 1.78. The molecule has 4 aromatic rings. The summed E-state index contributed by atoms with van der Waals surface area (Å²) >= 11 is 0. The van der Waals surface area contributed by atoms with Crippen molar-refractivity contribution in [2.45, 2.75) is 20.4 Å². The number of aryl methyl sites for hydroxylation is 2. The van der Waals surface area contributed by atoms with Gasteiger partial charge in [0.15, 0.2) is 0 Å². The van der Waals surface area contributed by atoms with Crippen LogP contribution in [0.1, 0.15) is 29.0 Å². The Morgan fingerprint density at radius 3 is 2.65 bits per heavy atom. The van der Waals surface area contributed by atoms with Crippen LogP contribution in [0.15, 0.2) is 48.5 Å². The second kappa shape index (κ2) is 7.92. The van der Waals surface area contributed by atoms with Crippen molar-refractivity contribution >= 4 is 16.9 Å². The van der Waals surface area contributed by atoms with Crippen LogP contribution < -0.4 is 4.74 Å². The number of imidazole rings is 1. The van der Waals surface area contributed by atoms with Crippen LogP contribution in [-0.2, 0) is 13.6 Å². The molecule has 0 radical (unpaired) electrons. The third kappa shape index (κ3) is 3.68. The molecule has 2 aromatic carbocycles. The topological polar surface area (TPSA) is 94.7 Å². The Morgan fingerprint density at radius 2 is 1.87 bits per heavy atom. The van der Waals surface area contributed by atoms with Crippen molar-refractivity contribution in [3.05, 3.63) is 71.3 Å². The quantitative estimate of drug-likeness (QED) is 0.536. The van der Waals surface area contributed by atoms with Crippen molar-refractivity contribution in [2.24, 2.45) is 7.05 Å². The first kappa shape index (κ1) is 20.7. The molecule has 7 nitrogen and oxygen atoms in total. The van der Waals surface area contributed by atoms with Crippen molar-refractivity contribution in [1.82, 2.24) is 19.4 Å². The fraction of sp³-hybridized carbons (Fsp3) is 0.250. The Labute approximate surface area is 182 Å². The number of carbonyl (C=O) groups is 1. The Balaban J connectivity index is 0.00000144. The van der Waals surface area contributed by atoms with E-state index < -0.39 is 0 Å². The van der Waals surface area contributed by atoms with Crippen LogP contribution in [0.2, 0.25) is 0 Å². The summed E-state index contributed by atoms with van der Waals surface area (Å²) in [6, 6.07) is 16.3. The Kier molecular flexibility index (Phi) is 5.29.